The van der Waals surface area contributed by atoms with E-state index in [4.69, 9.17) is 5.73 Å². The van der Waals surface area contributed by atoms with Gasteiger partial charge in [-0.15, -0.1) is 5.10 Å². The fraction of sp³-hybridized carbons (Fsp3) is 0.846. The summed E-state index contributed by atoms with van der Waals surface area (Å²) in [6, 6.07) is 0. The molecule has 1 fully saturated rings. The zero-order chi connectivity index (χ0) is 12.8. The summed E-state index contributed by atoms with van der Waals surface area (Å²) in [5.41, 5.74) is 6.43. The van der Waals surface area contributed by atoms with Crippen LogP contribution in [0.3, 0.4) is 0 Å². The first-order valence-electron chi connectivity index (χ1n) is 7.05. The van der Waals surface area contributed by atoms with Crippen LogP contribution in [0.2, 0.25) is 0 Å². The number of aromatic nitrogens is 3. The molecule has 1 atom stereocenters. The topological polar surface area (TPSA) is 77.0 Å². The summed E-state index contributed by atoms with van der Waals surface area (Å²) in [7, 11) is 0. The predicted octanol–water partition coefficient (Wildman–Crippen LogP) is 1.11. The molecule has 1 aromatic heterocycles. The fourth-order valence-corrected chi connectivity index (χ4v) is 2.75. The second-order valence-electron chi connectivity index (χ2n) is 5.36. The van der Waals surface area contributed by atoms with Gasteiger partial charge in [-0.1, -0.05) is 30.9 Å². The van der Waals surface area contributed by atoms with Gasteiger partial charge in [0.1, 0.15) is 0 Å². The lowest BCUT2D eigenvalue weighted by atomic mass is 10.0. The molecule has 5 heteroatoms. The highest BCUT2D eigenvalue weighted by Gasteiger charge is 2.19. The van der Waals surface area contributed by atoms with Crippen LogP contribution < -0.4 is 5.73 Å². The first kappa shape index (κ1) is 13.5. The van der Waals surface area contributed by atoms with Crippen LogP contribution in [0.15, 0.2) is 6.20 Å². The zero-order valence-electron chi connectivity index (χ0n) is 11.0. The Morgan fingerprint density at radius 2 is 2.22 bits per heavy atom. The SMILES string of the molecule is NCCCc1cn(CC(O)CC2CCCC2)nn1. The highest BCUT2D eigenvalue weighted by atomic mass is 16.3. The summed E-state index contributed by atoms with van der Waals surface area (Å²) < 4.78 is 1.76. The fourth-order valence-electron chi connectivity index (χ4n) is 2.75. The largest absolute Gasteiger partial charge is 0.391 e. The van der Waals surface area contributed by atoms with Gasteiger partial charge in [0.25, 0.3) is 0 Å². The van der Waals surface area contributed by atoms with E-state index in [1.807, 2.05) is 6.20 Å². The predicted molar refractivity (Wildman–Crippen MR) is 70.0 cm³/mol. The highest BCUT2D eigenvalue weighted by molar-refractivity contribution is 4.92. The molecule has 1 aliphatic carbocycles. The van der Waals surface area contributed by atoms with Crippen LogP contribution in [-0.4, -0.2) is 32.7 Å². The molecule has 0 bridgehead atoms. The maximum atomic E-state index is 10.0. The molecule has 0 spiro atoms. The lowest BCUT2D eigenvalue weighted by Crippen LogP contribution is -2.19. The van der Waals surface area contributed by atoms with Crippen molar-refractivity contribution in [1.29, 1.82) is 0 Å². The smallest absolute Gasteiger partial charge is 0.0827 e. The van der Waals surface area contributed by atoms with E-state index in [9.17, 15) is 5.11 Å². The first-order valence-corrected chi connectivity index (χ1v) is 7.05. The van der Waals surface area contributed by atoms with Gasteiger partial charge in [-0.25, -0.2) is 4.68 Å². The quantitative estimate of drug-likeness (QED) is 0.762. The molecule has 0 aromatic carbocycles. The summed E-state index contributed by atoms with van der Waals surface area (Å²) in [5.74, 6) is 0.709. The lowest BCUT2D eigenvalue weighted by Gasteiger charge is -2.14. The zero-order valence-corrected chi connectivity index (χ0v) is 11.0. The van der Waals surface area contributed by atoms with E-state index in [2.05, 4.69) is 10.3 Å². The molecule has 1 aliphatic rings. The molecule has 3 N–H and O–H groups in total. The highest BCUT2D eigenvalue weighted by Crippen LogP contribution is 2.28. The van der Waals surface area contributed by atoms with E-state index in [-0.39, 0.29) is 6.10 Å². The van der Waals surface area contributed by atoms with Crippen molar-refractivity contribution in [2.24, 2.45) is 11.7 Å². The third kappa shape index (κ3) is 4.07. The number of aliphatic hydroxyl groups is 1. The Balaban J connectivity index is 1.75. The van der Waals surface area contributed by atoms with Crippen molar-refractivity contribution in [3.63, 3.8) is 0 Å². The number of rotatable bonds is 7. The van der Waals surface area contributed by atoms with E-state index in [0.29, 0.717) is 19.0 Å². The summed E-state index contributed by atoms with van der Waals surface area (Å²) in [5, 5.41) is 18.2. The van der Waals surface area contributed by atoms with Crippen molar-refractivity contribution in [3.05, 3.63) is 11.9 Å². The normalized spacial score (nSPS) is 18.3. The summed E-state index contributed by atoms with van der Waals surface area (Å²) in [6.07, 6.45) is 9.53. The number of aryl methyl sites for hydroxylation is 1. The van der Waals surface area contributed by atoms with Crippen LogP contribution in [-0.2, 0) is 13.0 Å². The molecule has 1 unspecified atom stereocenters. The molecule has 1 aromatic rings. The molecule has 5 nitrogen and oxygen atoms in total. The Hall–Kier alpha value is -0.940. The maximum absolute atomic E-state index is 10.0. The third-order valence-electron chi connectivity index (χ3n) is 3.70. The number of nitrogens with two attached hydrogens (primary N) is 1. The number of nitrogens with zero attached hydrogens (tertiary/aromatic N) is 3. The van der Waals surface area contributed by atoms with Gasteiger partial charge in [-0.3, -0.25) is 0 Å². The van der Waals surface area contributed by atoms with Crippen LogP contribution in [0.4, 0.5) is 0 Å². The molecular formula is C13H24N4O. The lowest BCUT2D eigenvalue weighted by molar-refractivity contribution is 0.120. The third-order valence-corrected chi connectivity index (χ3v) is 3.70. The molecule has 18 heavy (non-hydrogen) atoms. The average molecular weight is 252 g/mol. The second kappa shape index (κ2) is 6.85. The Kier molecular flexibility index (Phi) is 5.13. The Morgan fingerprint density at radius 1 is 1.44 bits per heavy atom. The van der Waals surface area contributed by atoms with Crippen LogP contribution in [0.25, 0.3) is 0 Å². The minimum absolute atomic E-state index is 0.294. The van der Waals surface area contributed by atoms with Crippen LogP contribution in [0, 0.1) is 5.92 Å². The summed E-state index contributed by atoms with van der Waals surface area (Å²) in [4.78, 5) is 0. The minimum atomic E-state index is -0.294. The van der Waals surface area contributed by atoms with Gasteiger partial charge in [-0.05, 0) is 31.7 Å². The summed E-state index contributed by atoms with van der Waals surface area (Å²) >= 11 is 0. The van der Waals surface area contributed by atoms with Gasteiger partial charge in [-0.2, -0.15) is 0 Å². The molecule has 0 radical (unpaired) electrons. The molecule has 0 aliphatic heterocycles. The van der Waals surface area contributed by atoms with Crippen LogP contribution in [0.1, 0.15) is 44.2 Å². The summed E-state index contributed by atoms with van der Waals surface area (Å²) in [6.45, 7) is 1.24. The minimum Gasteiger partial charge on any atom is -0.391 e. The van der Waals surface area contributed by atoms with E-state index < -0.39 is 0 Å². The van der Waals surface area contributed by atoms with Crippen molar-refractivity contribution < 1.29 is 5.11 Å². The number of aliphatic hydroxyl groups excluding tert-OH is 1. The van der Waals surface area contributed by atoms with Gasteiger partial charge in [0.15, 0.2) is 0 Å². The van der Waals surface area contributed by atoms with E-state index >= 15 is 0 Å². The molecule has 1 heterocycles. The van der Waals surface area contributed by atoms with Crippen molar-refractivity contribution in [2.75, 3.05) is 6.54 Å². The van der Waals surface area contributed by atoms with Gasteiger partial charge >= 0.3 is 0 Å². The molecule has 1 saturated carbocycles. The monoisotopic (exact) mass is 252 g/mol. The molecule has 0 amide bonds. The van der Waals surface area contributed by atoms with Gasteiger partial charge < -0.3 is 10.8 Å². The van der Waals surface area contributed by atoms with Crippen molar-refractivity contribution >= 4 is 0 Å². The van der Waals surface area contributed by atoms with Gasteiger partial charge in [0.2, 0.25) is 0 Å². The average Bonchev–Trinajstić information content (AvgIpc) is 2.98. The van der Waals surface area contributed by atoms with Crippen LogP contribution in [0.5, 0.6) is 0 Å². The van der Waals surface area contributed by atoms with Gasteiger partial charge in [0.05, 0.1) is 18.3 Å². The number of hydrogen-bond acceptors (Lipinski definition) is 4. The van der Waals surface area contributed by atoms with Gasteiger partial charge in [0, 0.05) is 6.20 Å². The molecule has 2 rings (SSSR count). The van der Waals surface area contributed by atoms with Crippen LogP contribution >= 0.6 is 0 Å². The van der Waals surface area contributed by atoms with E-state index in [1.165, 1.54) is 25.7 Å². The Morgan fingerprint density at radius 3 is 2.94 bits per heavy atom. The Labute approximate surface area is 108 Å². The van der Waals surface area contributed by atoms with Crippen molar-refractivity contribution in [1.82, 2.24) is 15.0 Å². The molecule has 0 saturated heterocycles. The number of hydrogen-bond donors (Lipinski definition) is 2. The maximum Gasteiger partial charge on any atom is 0.0827 e. The standard InChI is InChI=1S/C13H24N4O/c14-7-3-6-12-9-17(16-15-12)10-13(18)8-11-4-1-2-5-11/h9,11,13,18H,1-8,10,14H2. The van der Waals surface area contributed by atoms with E-state index in [1.54, 1.807) is 4.68 Å². The van der Waals surface area contributed by atoms with Crippen molar-refractivity contribution in [3.8, 4) is 0 Å². The second-order valence-corrected chi connectivity index (χ2v) is 5.36. The molecular weight excluding hydrogens is 228 g/mol. The van der Waals surface area contributed by atoms with E-state index in [0.717, 1.165) is 25.0 Å². The molecule has 102 valence electrons. The Bertz CT molecular complexity index is 347. The first-order chi connectivity index (χ1) is 8.78. The van der Waals surface area contributed by atoms with Crippen molar-refractivity contribution in [2.45, 2.75) is 57.6 Å².